The predicted octanol–water partition coefficient (Wildman–Crippen LogP) is 3.21. The maximum atomic E-state index is 12.6. The number of nitrogens with zero attached hydrogens (tertiary/aromatic N) is 1. The van der Waals surface area contributed by atoms with Gasteiger partial charge in [-0.05, 0) is 42.5 Å². The number of aliphatic hydroxyl groups excluding tert-OH is 1. The van der Waals surface area contributed by atoms with Crippen molar-refractivity contribution in [1.82, 2.24) is 4.90 Å². The molecule has 0 aromatic heterocycles. The summed E-state index contributed by atoms with van der Waals surface area (Å²) in [6.07, 6.45) is 3.71. The zero-order valence-electron chi connectivity index (χ0n) is 16.0. The van der Waals surface area contributed by atoms with Crippen LogP contribution in [0.3, 0.4) is 0 Å². The summed E-state index contributed by atoms with van der Waals surface area (Å²) in [4.78, 5) is 15.0. The number of Topliss-reactive ketones (excluding diaryl/α,β-unsaturated/α-hetero) is 1. The number of fused-ring (bicyclic) bond motifs is 2. The molecule has 1 saturated heterocycles. The average molecular weight is 375 g/mol. The van der Waals surface area contributed by atoms with Crippen LogP contribution in [0.4, 0.5) is 0 Å². The van der Waals surface area contributed by atoms with Crippen molar-refractivity contribution in [2.24, 2.45) is 0 Å². The number of carbonyl (C=O) groups excluding carboxylic acids is 1. The third-order valence-corrected chi connectivity index (χ3v) is 6.33. The van der Waals surface area contributed by atoms with Gasteiger partial charge in [0.05, 0.1) is 12.2 Å². The number of aliphatic hydroxyl groups is 1. The van der Waals surface area contributed by atoms with Crippen molar-refractivity contribution in [3.63, 3.8) is 0 Å². The van der Waals surface area contributed by atoms with Gasteiger partial charge in [-0.2, -0.15) is 0 Å². The smallest absolute Gasteiger partial charge is 0.171 e. The fraction of sp³-hybridized carbons (Fsp3) is 0.375. The van der Waals surface area contributed by atoms with Crippen LogP contribution < -0.4 is 0 Å². The molecular weight excluding hydrogens is 350 g/mol. The van der Waals surface area contributed by atoms with Gasteiger partial charge in [-0.25, -0.2) is 0 Å². The van der Waals surface area contributed by atoms with E-state index in [-0.39, 0.29) is 12.4 Å². The average Bonchev–Trinajstić information content (AvgIpc) is 3.41. The van der Waals surface area contributed by atoms with Crippen LogP contribution in [0.5, 0.6) is 0 Å². The molecule has 0 radical (unpaired) electrons. The van der Waals surface area contributed by atoms with Crippen molar-refractivity contribution >= 4 is 17.1 Å². The van der Waals surface area contributed by atoms with Crippen LogP contribution in [0, 0.1) is 0 Å². The quantitative estimate of drug-likeness (QED) is 0.834. The first kappa shape index (κ1) is 17.7. The summed E-state index contributed by atoms with van der Waals surface area (Å²) in [5, 5.41) is 9.49. The van der Waals surface area contributed by atoms with Crippen molar-refractivity contribution in [3.8, 4) is 0 Å². The first-order valence-corrected chi connectivity index (χ1v) is 10.2. The molecule has 2 heterocycles. The standard InChI is InChI=1S/C24H25NO3/c26-14-19-5-3-10-25(19)11-9-16-7-8-21-18(12-16)15-28-24(21)23-20-6-2-1-4-17(20)13-22(23)27/h1-2,4,6-8,12,19,26H,3,5,9-11,13-15H2/b24-23+/t19-/m0/s1. The van der Waals surface area contributed by atoms with Crippen LogP contribution in [0.2, 0.25) is 0 Å². The van der Waals surface area contributed by atoms with Crippen LogP contribution in [0.25, 0.3) is 11.3 Å². The largest absolute Gasteiger partial charge is 0.487 e. The molecule has 4 nitrogen and oxygen atoms in total. The number of hydrogen-bond acceptors (Lipinski definition) is 4. The fourth-order valence-corrected chi connectivity index (χ4v) is 4.83. The molecule has 2 aromatic rings. The Hall–Kier alpha value is -2.43. The number of ketones is 1. The minimum atomic E-state index is 0.150. The lowest BCUT2D eigenvalue weighted by atomic mass is 9.98. The van der Waals surface area contributed by atoms with E-state index in [1.54, 1.807) is 0 Å². The number of ether oxygens (including phenoxy) is 1. The van der Waals surface area contributed by atoms with Crippen LogP contribution in [-0.4, -0.2) is 41.5 Å². The van der Waals surface area contributed by atoms with Crippen molar-refractivity contribution in [2.75, 3.05) is 19.7 Å². The van der Waals surface area contributed by atoms with E-state index in [9.17, 15) is 9.90 Å². The topological polar surface area (TPSA) is 49.8 Å². The van der Waals surface area contributed by atoms with Gasteiger partial charge in [-0.15, -0.1) is 0 Å². The van der Waals surface area contributed by atoms with Gasteiger partial charge >= 0.3 is 0 Å². The van der Waals surface area contributed by atoms with Gasteiger partial charge in [0.2, 0.25) is 0 Å². The number of rotatable bonds is 4. The first-order valence-electron chi connectivity index (χ1n) is 10.2. The third kappa shape index (κ3) is 2.97. The predicted molar refractivity (Wildman–Crippen MR) is 109 cm³/mol. The van der Waals surface area contributed by atoms with E-state index in [2.05, 4.69) is 23.1 Å². The van der Waals surface area contributed by atoms with E-state index in [0.717, 1.165) is 59.5 Å². The molecule has 0 saturated carbocycles. The highest BCUT2D eigenvalue weighted by atomic mass is 16.5. The number of likely N-dealkylation sites (tertiary alicyclic amines) is 1. The Kier molecular flexibility index (Phi) is 4.53. The Morgan fingerprint density at radius 1 is 1.11 bits per heavy atom. The van der Waals surface area contributed by atoms with Gasteiger partial charge in [0.25, 0.3) is 0 Å². The van der Waals surface area contributed by atoms with Gasteiger partial charge in [-0.3, -0.25) is 9.69 Å². The molecule has 1 N–H and O–H groups in total. The SMILES string of the molecule is O=C1Cc2ccccc2/C1=C1\OCc2cc(CCN3CCC[C@H]3CO)ccc21. The molecular formula is C24H25NO3. The molecule has 1 fully saturated rings. The summed E-state index contributed by atoms with van der Waals surface area (Å²) < 4.78 is 6.02. The highest BCUT2D eigenvalue weighted by molar-refractivity contribution is 6.31. The molecule has 28 heavy (non-hydrogen) atoms. The second-order valence-corrected chi connectivity index (χ2v) is 8.01. The molecule has 2 aromatic carbocycles. The van der Waals surface area contributed by atoms with Gasteiger partial charge < -0.3 is 9.84 Å². The van der Waals surface area contributed by atoms with Gasteiger partial charge in [0.15, 0.2) is 5.78 Å². The highest BCUT2D eigenvalue weighted by Crippen LogP contribution is 2.40. The van der Waals surface area contributed by atoms with Crippen LogP contribution in [0.1, 0.15) is 40.7 Å². The van der Waals surface area contributed by atoms with Crippen molar-refractivity contribution < 1.29 is 14.6 Å². The molecule has 1 aliphatic carbocycles. The summed E-state index contributed by atoms with van der Waals surface area (Å²) in [5.74, 6) is 0.897. The lowest BCUT2D eigenvalue weighted by Crippen LogP contribution is -2.33. The first-order chi connectivity index (χ1) is 13.7. The monoisotopic (exact) mass is 375 g/mol. The van der Waals surface area contributed by atoms with Crippen molar-refractivity contribution in [2.45, 2.75) is 38.3 Å². The van der Waals surface area contributed by atoms with Crippen molar-refractivity contribution in [1.29, 1.82) is 0 Å². The van der Waals surface area contributed by atoms with E-state index in [0.29, 0.717) is 19.1 Å². The summed E-state index contributed by atoms with van der Waals surface area (Å²) in [6.45, 7) is 2.84. The maximum absolute atomic E-state index is 12.6. The normalized spacial score (nSPS) is 23.8. The number of carbonyl (C=O) groups is 1. The molecule has 0 amide bonds. The molecule has 0 spiro atoms. The molecule has 0 bridgehead atoms. The zero-order valence-corrected chi connectivity index (χ0v) is 16.0. The van der Waals surface area contributed by atoms with Crippen molar-refractivity contribution in [3.05, 3.63) is 70.3 Å². The van der Waals surface area contributed by atoms with E-state index < -0.39 is 0 Å². The summed E-state index contributed by atoms with van der Waals surface area (Å²) in [6, 6.07) is 14.8. The molecule has 3 aliphatic rings. The number of allylic oxidation sites excluding steroid dienone is 1. The van der Waals surface area contributed by atoms with Gasteiger partial charge in [0.1, 0.15) is 12.4 Å². The molecule has 5 rings (SSSR count). The maximum Gasteiger partial charge on any atom is 0.171 e. The Morgan fingerprint density at radius 3 is 2.89 bits per heavy atom. The third-order valence-electron chi connectivity index (χ3n) is 6.33. The number of hydrogen-bond donors (Lipinski definition) is 1. The molecule has 1 atom stereocenters. The summed E-state index contributed by atoms with van der Waals surface area (Å²) in [7, 11) is 0. The Bertz CT molecular complexity index is 962. The Labute approximate surface area is 165 Å². The minimum Gasteiger partial charge on any atom is -0.487 e. The van der Waals surface area contributed by atoms with E-state index in [1.165, 1.54) is 12.0 Å². The lowest BCUT2D eigenvalue weighted by Gasteiger charge is -2.22. The zero-order chi connectivity index (χ0) is 19.1. The van der Waals surface area contributed by atoms with Gasteiger partial charge in [0, 0.05) is 30.1 Å². The fourth-order valence-electron chi connectivity index (χ4n) is 4.83. The number of benzene rings is 2. The highest BCUT2D eigenvalue weighted by Gasteiger charge is 2.32. The second-order valence-electron chi connectivity index (χ2n) is 8.01. The van der Waals surface area contributed by atoms with E-state index in [1.807, 2.05) is 24.3 Å². The van der Waals surface area contributed by atoms with E-state index in [4.69, 9.17) is 4.74 Å². The van der Waals surface area contributed by atoms with Gasteiger partial charge in [-0.1, -0.05) is 42.5 Å². The Morgan fingerprint density at radius 2 is 2.00 bits per heavy atom. The molecule has 144 valence electrons. The Balaban J connectivity index is 1.40. The molecule has 0 unspecified atom stereocenters. The van der Waals surface area contributed by atoms with Crippen LogP contribution in [0.15, 0.2) is 42.5 Å². The second kappa shape index (κ2) is 7.19. The minimum absolute atomic E-state index is 0.150. The molecule has 2 aliphatic heterocycles. The lowest BCUT2D eigenvalue weighted by molar-refractivity contribution is -0.112. The molecule has 4 heteroatoms. The van der Waals surface area contributed by atoms with Crippen LogP contribution in [-0.2, 0) is 29.0 Å². The van der Waals surface area contributed by atoms with Crippen LogP contribution >= 0.6 is 0 Å². The summed E-state index contributed by atoms with van der Waals surface area (Å²) in [5.41, 5.74) is 6.35. The van der Waals surface area contributed by atoms with E-state index >= 15 is 0 Å². The summed E-state index contributed by atoms with van der Waals surface area (Å²) >= 11 is 0.